The molecule has 0 amide bonds. The summed E-state index contributed by atoms with van der Waals surface area (Å²) < 4.78 is 0. The first-order valence-corrected chi connectivity index (χ1v) is 15.6. The maximum Gasteiger partial charge on any atom is -0.00201 e. The van der Waals surface area contributed by atoms with E-state index >= 15 is 0 Å². The first kappa shape index (κ1) is 25.1. The van der Waals surface area contributed by atoms with E-state index in [1.165, 1.54) is 87.6 Å². The normalized spacial score (nSPS) is 13.0. The fourth-order valence-electron chi connectivity index (χ4n) is 7.64. The number of rotatable bonds is 3. The summed E-state index contributed by atoms with van der Waals surface area (Å²) in [5.41, 5.74) is 10.7. The van der Waals surface area contributed by atoms with Crippen LogP contribution in [0.15, 0.2) is 158 Å². The summed E-state index contributed by atoms with van der Waals surface area (Å²) in [6.45, 7) is 0. The van der Waals surface area contributed by atoms with Crippen molar-refractivity contribution in [1.29, 1.82) is 0 Å². The minimum absolute atomic E-state index is 1.08. The van der Waals surface area contributed by atoms with E-state index in [1.807, 2.05) is 0 Å². The molecule has 0 unspecified atom stereocenters. The third kappa shape index (κ3) is 3.78. The Hall–Kier alpha value is -5.46. The second-order valence-electron chi connectivity index (χ2n) is 11.9. The molecule has 0 fully saturated rings. The molecule has 0 nitrogen and oxygen atoms in total. The van der Waals surface area contributed by atoms with Crippen molar-refractivity contribution in [3.8, 4) is 22.3 Å². The molecule has 0 N–H and O–H groups in total. The molecule has 44 heavy (non-hydrogen) atoms. The molecule has 0 heterocycles. The molecule has 0 heteroatoms. The van der Waals surface area contributed by atoms with Crippen LogP contribution in [-0.2, 0) is 6.42 Å². The molecule has 0 atom stereocenters. The Morgan fingerprint density at radius 1 is 0.318 bits per heavy atom. The molecular formula is C44H30. The van der Waals surface area contributed by atoms with E-state index in [1.54, 1.807) is 0 Å². The predicted molar refractivity (Wildman–Crippen MR) is 189 cm³/mol. The van der Waals surface area contributed by atoms with E-state index in [0.29, 0.717) is 0 Å². The molecule has 0 aliphatic heterocycles. The van der Waals surface area contributed by atoms with Crippen LogP contribution in [0.4, 0.5) is 0 Å². The average Bonchev–Trinajstić information content (AvgIpc) is 3.10. The van der Waals surface area contributed by atoms with Crippen LogP contribution in [0.2, 0.25) is 0 Å². The number of benzene rings is 8. The van der Waals surface area contributed by atoms with Gasteiger partial charge in [-0.15, -0.1) is 0 Å². The Morgan fingerprint density at radius 3 is 1.45 bits per heavy atom. The van der Waals surface area contributed by atoms with E-state index in [0.717, 1.165) is 12.8 Å². The van der Waals surface area contributed by atoms with E-state index in [-0.39, 0.29) is 0 Å². The Labute approximate surface area is 257 Å². The van der Waals surface area contributed by atoms with E-state index in [2.05, 4.69) is 158 Å². The Balaban J connectivity index is 1.37. The SMILES string of the molecule is C1=C(c2ccc(-c3c4ccccc4c(-c4cccc5ccccc45)c4ccccc34)c3ccccc23)c2ccccc2CC1. The zero-order valence-corrected chi connectivity index (χ0v) is 24.4. The van der Waals surface area contributed by atoms with Crippen molar-refractivity contribution in [3.05, 3.63) is 174 Å². The predicted octanol–water partition coefficient (Wildman–Crippen LogP) is 12.0. The van der Waals surface area contributed by atoms with Gasteiger partial charge in [-0.05, 0) is 100 Å². The lowest BCUT2D eigenvalue weighted by atomic mass is 9.81. The number of fused-ring (bicyclic) bond motifs is 5. The smallest absolute Gasteiger partial charge is 0.00201 e. The van der Waals surface area contributed by atoms with Gasteiger partial charge in [-0.25, -0.2) is 0 Å². The van der Waals surface area contributed by atoms with Crippen molar-refractivity contribution in [3.63, 3.8) is 0 Å². The summed E-state index contributed by atoms with van der Waals surface area (Å²) >= 11 is 0. The molecule has 0 saturated heterocycles. The van der Waals surface area contributed by atoms with Crippen molar-refractivity contribution in [2.24, 2.45) is 0 Å². The van der Waals surface area contributed by atoms with Gasteiger partial charge >= 0.3 is 0 Å². The van der Waals surface area contributed by atoms with Gasteiger partial charge in [0, 0.05) is 0 Å². The van der Waals surface area contributed by atoms with Crippen molar-refractivity contribution >= 4 is 48.7 Å². The number of aryl methyl sites for hydroxylation is 1. The maximum absolute atomic E-state index is 2.44. The molecule has 1 aliphatic carbocycles. The molecule has 0 spiro atoms. The van der Waals surface area contributed by atoms with Crippen LogP contribution in [0.5, 0.6) is 0 Å². The lowest BCUT2D eigenvalue weighted by Gasteiger charge is -2.22. The summed E-state index contributed by atoms with van der Waals surface area (Å²) in [5, 5.41) is 10.3. The highest BCUT2D eigenvalue weighted by atomic mass is 14.2. The van der Waals surface area contributed by atoms with Gasteiger partial charge in [0.15, 0.2) is 0 Å². The second-order valence-corrected chi connectivity index (χ2v) is 11.9. The van der Waals surface area contributed by atoms with Crippen LogP contribution in [0, 0.1) is 0 Å². The number of allylic oxidation sites excluding steroid dienone is 1. The zero-order valence-electron chi connectivity index (χ0n) is 24.4. The molecule has 0 bridgehead atoms. The first-order chi connectivity index (χ1) is 21.9. The third-order valence-electron chi connectivity index (χ3n) is 9.54. The van der Waals surface area contributed by atoms with Crippen LogP contribution in [0.3, 0.4) is 0 Å². The second kappa shape index (κ2) is 10.1. The zero-order chi connectivity index (χ0) is 29.0. The molecule has 1 aliphatic rings. The van der Waals surface area contributed by atoms with Gasteiger partial charge in [-0.3, -0.25) is 0 Å². The molecular weight excluding hydrogens is 528 g/mol. The third-order valence-corrected chi connectivity index (χ3v) is 9.54. The van der Waals surface area contributed by atoms with Crippen LogP contribution in [0.1, 0.15) is 23.1 Å². The van der Waals surface area contributed by atoms with Crippen LogP contribution in [-0.4, -0.2) is 0 Å². The monoisotopic (exact) mass is 558 g/mol. The molecule has 0 saturated carbocycles. The molecule has 0 radical (unpaired) electrons. The first-order valence-electron chi connectivity index (χ1n) is 15.6. The highest BCUT2D eigenvalue weighted by Gasteiger charge is 2.21. The largest absolute Gasteiger partial charge is 0.0757 e. The summed E-state index contributed by atoms with van der Waals surface area (Å²) in [4.78, 5) is 0. The topological polar surface area (TPSA) is 0 Å². The number of hydrogen-bond donors (Lipinski definition) is 0. The van der Waals surface area contributed by atoms with Gasteiger partial charge in [0.2, 0.25) is 0 Å². The lowest BCUT2D eigenvalue weighted by Crippen LogP contribution is -2.01. The van der Waals surface area contributed by atoms with Gasteiger partial charge < -0.3 is 0 Å². The minimum atomic E-state index is 1.08. The van der Waals surface area contributed by atoms with Crippen molar-refractivity contribution in [2.45, 2.75) is 12.8 Å². The van der Waals surface area contributed by atoms with Crippen molar-refractivity contribution in [1.82, 2.24) is 0 Å². The highest BCUT2D eigenvalue weighted by molar-refractivity contribution is 6.25. The molecule has 8 aromatic rings. The van der Waals surface area contributed by atoms with Crippen LogP contribution >= 0.6 is 0 Å². The van der Waals surface area contributed by atoms with Crippen molar-refractivity contribution in [2.75, 3.05) is 0 Å². The summed E-state index contributed by atoms with van der Waals surface area (Å²) in [6, 6.07) is 56.1. The van der Waals surface area contributed by atoms with Crippen LogP contribution < -0.4 is 0 Å². The molecule has 206 valence electrons. The number of hydrogen-bond acceptors (Lipinski definition) is 0. The van der Waals surface area contributed by atoms with E-state index in [9.17, 15) is 0 Å². The summed E-state index contributed by atoms with van der Waals surface area (Å²) in [6.07, 6.45) is 4.62. The highest BCUT2D eigenvalue weighted by Crippen LogP contribution is 2.47. The van der Waals surface area contributed by atoms with Gasteiger partial charge in [0.05, 0.1) is 0 Å². The van der Waals surface area contributed by atoms with E-state index in [4.69, 9.17) is 0 Å². The Morgan fingerprint density at radius 2 is 0.773 bits per heavy atom. The fraction of sp³-hybridized carbons (Fsp3) is 0.0455. The maximum atomic E-state index is 2.44. The fourth-order valence-corrected chi connectivity index (χ4v) is 7.64. The Bertz CT molecular complexity index is 2380. The summed E-state index contributed by atoms with van der Waals surface area (Å²) in [7, 11) is 0. The van der Waals surface area contributed by atoms with Gasteiger partial charge in [-0.1, -0.05) is 158 Å². The Kier molecular flexibility index (Phi) is 5.74. The summed E-state index contributed by atoms with van der Waals surface area (Å²) in [5.74, 6) is 0. The van der Waals surface area contributed by atoms with Crippen molar-refractivity contribution < 1.29 is 0 Å². The average molecular weight is 559 g/mol. The van der Waals surface area contributed by atoms with E-state index < -0.39 is 0 Å². The molecule has 9 rings (SSSR count). The quantitative estimate of drug-likeness (QED) is 0.189. The molecule has 8 aromatic carbocycles. The van der Waals surface area contributed by atoms with Crippen LogP contribution in [0.25, 0.3) is 70.9 Å². The standard InChI is InChI=1S/C44H30/c1-3-17-31-29(13-1)15-11-25-33(31)36-27-28-42(35-20-6-5-19-34(35)36)44-40-23-9-7-21-38(40)43(39-22-8-10-24-41(39)44)37-26-12-16-30-14-2-4-18-32(30)37/h1-10,12-14,16-28H,11,15H2. The molecule has 0 aromatic heterocycles. The van der Waals surface area contributed by atoms with Gasteiger partial charge in [-0.2, -0.15) is 0 Å². The minimum Gasteiger partial charge on any atom is -0.0757 e. The van der Waals surface area contributed by atoms with Gasteiger partial charge in [0.1, 0.15) is 0 Å². The van der Waals surface area contributed by atoms with Gasteiger partial charge in [0.25, 0.3) is 0 Å². The lowest BCUT2D eigenvalue weighted by molar-refractivity contribution is 0.978.